The Morgan fingerprint density at radius 1 is 1.24 bits per heavy atom. The Morgan fingerprint density at radius 3 is 2.68 bits per heavy atom. The smallest absolute Gasteiger partial charge is 0.259 e. The number of amides is 1. The van der Waals surface area contributed by atoms with Crippen LogP contribution in [0.4, 0.5) is 0 Å². The minimum atomic E-state index is -0.276. The van der Waals surface area contributed by atoms with Gasteiger partial charge in [0, 0.05) is 38.1 Å². The normalized spacial score (nSPS) is 12.1. The zero-order valence-corrected chi connectivity index (χ0v) is 14.6. The van der Waals surface area contributed by atoms with E-state index in [1.54, 1.807) is 36.6 Å². The molecular weight excluding hydrogens is 314 g/mol. The van der Waals surface area contributed by atoms with Crippen molar-refractivity contribution >= 4 is 16.8 Å². The first-order chi connectivity index (χ1) is 12.0. The molecule has 3 rings (SSSR count). The molecule has 1 amide bonds. The van der Waals surface area contributed by atoms with Crippen molar-refractivity contribution in [2.24, 2.45) is 7.05 Å². The number of aryl methyl sites for hydroxylation is 1. The van der Waals surface area contributed by atoms with E-state index in [1.807, 2.05) is 48.9 Å². The maximum Gasteiger partial charge on any atom is 0.259 e. The average Bonchev–Trinajstić information content (AvgIpc) is 2.65. The average molecular weight is 335 g/mol. The number of rotatable bonds is 4. The minimum absolute atomic E-state index is 0.127. The highest BCUT2D eigenvalue weighted by Gasteiger charge is 2.24. The van der Waals surface area contributed by atoms with Crippen molar-refractivity contribution in [3.8, 4) is 0 Å². The Balaban J connectivity index is 2.04. The third-order valence-electron chi connectivity index (χ3n) is 4.57. The molecule has 0 aliphatic heterocycles. The summed E-state index contributed by atoms with van der Waals surface area (Å²) in [6, 6.07) is 11.0. The molecule has 0 aliphatic rings. The molecule has 128 valence electrons. The molecule has 0 radical (unpaired) electrons. The molecular formula is C20H21N3O2. The molecule has 3 aromatic rings. The van der Waals surface area contributed by atoms with Gasteiger partial charge in [0.2, 0.25) is 5.43 Å². The monoisotopic (exact) mass is 335 g/mol. The number of pyridine rings is 2. The minimum Gasteiger partial charge on any atom is -0.350 e. The van der Waals surface area contributed by atoms with Crippen LogP contribution in [0.3, 0.4) is 0 Å². The van der Waals surface area contributed by atoms with Gasteiger partial charge in [-0.1, -0.05) is 25.1 Å². The van der Waals surface area contributed by atoms with Crippen molar-refractivity contribution in [3.05, 3.63) is 76.3 Å². The van der Waals surface area contributed by atoms with E-state index < -0.39 is 0 Å². The highest BCUT2D eigenvalue weighted by Crippen LogP contribution is 2.23. The fraction of sp³-hybridized carbons (Fsp3) is 0.250. The Kier molecular flexibility index (Phi) is 4.65. The van der Waals surface area contributed by atoms with Gasteiger partial charge in [-0.3, -0.25) is 14.6 Å². The van der Waals surface area contributed by atoms with Gasteiger partial charge in [-0.2, -0.15) is 0 Å². The van der Waals surface area contributed by atoms with Gasteiger partial charge < -0.3 is 9.47 Å². The largest absolute Gasteiger partial charge is 0.350 e. The van der Waals surface area contributed by atoms with Gasteiger partial charge in [0.05, 0.1) is 11.6 Å². The topological polar surface area (TPSA) is 55.2 Å². The molecule has 0 spiro atoms. The van der Waals surface area contributed by atoms with Crippen LogP contribution in [0.5, 0.6) is 0 Å². The lowest BCUT2D eigenvalue weighted by molar-refractivity contribution is 0.0724. The molecule has 0 aliphatic carbocycles. The zero-order chi connectivity index (χ0) is 18.0. The predicted molar refractivity (Wildman–Crippen MR) is 98.6 cm³/mol. The van der Waals surface area contributed by atoms with E-state index in [0.29, 0.717) is 5.39 Å². The number of hydrogen-bond donors (Lipinski definition) is 0. The highest BCUT2D eigenvalue weighted by molar-refractivity contribution is 5.97. The first kappa shape index (κ1) is 16.9. The van der Waals surface area contributed by atoms with Crippen LogP contribution in [0, 0.1) is 0 Å². The van der Waals surface area contributed by atoms with Crippen molar-refractivity contribution in [1.29, 1.82) is 0 Å². The lowest BCUT2D eigenvalue weighted by Gasteiger charge is -2.27. The van der Waals surface area contributed by atoms with E-state index in [4.69, 9.17) is 0 Å². The third kappa shape index (κ3) is 3.05. The number of nitrogens with zero attached hydrogens (tertiary/aromatic N) is 3. The van der Waals surface area contributed by atoms with Crippen molar-refractivity contribution in [2.45, 2.75) is 19.4 Å². The molecule has 0 unspecified atom stereocenters. The van der Waals surface area contributed by atoms with E-state index in [2.05, 4.69) is 4.98 Å². The van der Waals surface area contributed by atoms with Gasteiger partial charge in [0.25, 0.3) is 5.91 Å². The summed E-state index contributed by atoms with van der Waals surface area (Å²) in [5.41, 5.74) is 1.72. The standard InChI is InChI=1S/C20H21N3O2/c1-4-17(14-8-7-11-21-12-14)23(3)20(25)16-13-22(2)18-10-6-5-9-15(18)19(16)24/h5-13,17H,4H2,1-3H3/t17-/m1/s1. The van der Waals surface area contributed by atoms with E-state index in [9.17, 15) is 9.59 Å². The van der Waals surface area contributed by atoms with E-state index in [-0.39, 0.29) is 22.9 Å². The Bertz CT molecular complexity index is 964. The van der Waals surface area contributed by atoms with Gasteiger partial charge in [0.15, 0.2) is 0 Å². The van der Waals surface area contributed by atoms with Crippen LogP contribution in [-0.4, -0.2) is 27.4 Å². The molecule has 0 saturated carbocycles. The van der Waals surface area contributed by atoms with Gasteiger partial charge in [-0.05, 0) is 30.2 Å². The van der Waals surface area contributed by atoms with Gasteiger partial charge in [0.1, 0.15) is 5.56 Å². The number of carbonyl (C=O) groups is 1. The molecule has 25 heavy (non-hydrogen) atoms. The molecule has 0 bridgehead atoms. The number of benzene rings is 1. The van der Waals surface area contributed by atoms with Gasteiger partial charge >= 0.3 is 0 Å². The van der Waals surface area contributed by atoms with Crippen LogP contribution < -0.4 is 5.43 Å². The van der Waals surface area contributed by atoms with Crippen LogP contribution in [-0.2, 0) is 7.05 Å². The predicted octanol–water partition coefficient (Wildman–Crippen LogP) is 3.16. The Morgan fingerprint density at radius 2 is 2.00 bits per heavy atom. The van der Waals surface area contributed by atoms with Gasteiger partial charge in [-0.15, -0.1) is 0 Å². The van der Waals surface area contributed by atoms with Crippen molar-refractivity contribution in [3.63, 3.8) is 0 Å². The number of para-hydroxylation sites is 1. The van der Waals surface area contributed by atoms with Crippen LogP contribution in [0.2, 0.25) is 0 Å². The maximum absolute atomic E-state index is 13.0. The summed E-state index contributed by atoms with van der Waals surface area (Å²) in [6.45, 7) is 2.01. The molecule has 0 saturated heterocycles. The molecule has 2 aromatic heterocycles. The summed E-state index contributed by atoms with van der Waals surface area (Å²) in [4.78, 5) is 31.6. The number of aromatic nitrogens is 2. The van der Waals surface area contributed by atoms with E-state index >= 15 is 0 Å². The van der Waals surface area contributed by atoms with E-state index in [0.717, 1.165) is 17.5 Å². The summed E-state index contributed by atoms with van der Waals surface area (Å²) in [5.74, 6) is -0.276. The van der Waals surface area contributed by atoms with Gasteiger partial charge in [-0.25, -0.2) is 0 Å². The SMILES string of the molecule is CC[C@H](c1cccnc1)N(C)C(=O)c1cn(C)c2ccccc2c1=O. The van der Waals surface area contributed by atoms with Crippen LogP contribution >= 0.6 is 0 Å². The van der Waals surface area contributed by atoms with Crippen molar-refractivity contribution < 1.29 is 4.79 Å². The first-order valence-electron chi connectivity index (χ1n) is 8.30. The highest BCUT2D eigenvalue weighted by atomic mass is 16.2. The summed E-state index contributed by atoms with van der Waals surface area (Å²) in [5, 5.41) is 0.554. The lowest BCUT2D eigenvalue weighted by atomic mass is 10.0. The molecule has 2 heterocycles. The fourth-order valence-electron chi connectivity index (χ4n) is 3.23. The summed E-state index contributed by atoms with van der Waals surface area (Å²) < 4.78 is 1.82. The Hall–Kier alpha value is -2.95. The second-order valence-electron chi connectivity index (χ2n) is 6.13. The number of hydrogen-bond acceptors (Lipinski definition) is 3. The van der Waals surface area contributed by atoms with Crippen LogP contribution in [0.25, 0.3) is 10.9 Å². The second-order valence-corrected chi connectivity index (χ2v) is 6.13. The lowest BCUT2D eigenvalue weighted by Crippen LogP contribution is -2.34. The zero-order valence-electron chi connectivity index (χ0n) is 14.6. The van der Waals surface area contributed by atoms with Crippen LogP contribution in [0.15, 0.2) is 59.8 Å². The van der Waals surface area contributed by atoms with E-state index in [1.165, 1.54) is 0 Å². The summed E-state index contributed by atoms with van der Waals surface area (Å²) in [7, 11) is 3.58. The van der Waals surface area contributed by atoms with Crippen LogP contribution in [0.1, 0.15) is 35.3 Å². The van der Waals surface area contributed by atoms with Crippen molar-refractivity contribution in [2.75, 3.05) is 7.05 Å². The maximum atomic E-state index is 13.0. The van der Waals surface area contributed by atoms with Crippen molar-refractivity contribution in [1.82, 2.24) is 14.5 Å². The third-order valence-corrected chi connectivity index (χ3v) is 4.57. The number of fused-ring (bicyclic) bond motifs is 1. The Labute approximate surface area is 146 Å². The molecule has 0 N–H and O–H groups in total. The molecule has 1 aromatic carbocycles. The number of carbonyl (C=O) groups excluding carboxylic acids is 1. The summed E-state index contributed by atoms with van der Waals surface area (Å²) in [6.07, 6.45) is 5.83. The molecule has 5 heteroatoms. The molecule has 0 fully saturated rings. The molecule has 5 nitrogen and oxygen atoms in total. The second kappa shape index (κ2) is 6.89. The summed E-state index contributed by atoms with van der Waals surface area (Å²) >= 11 is 0. The first-order valence-corrected chi connectivity index (χ1v) is 8.30. The molecule has 1 atom stereocenters. The quantitative estimate of drug-likeness (QED) is 0.736. The fourth-order valence-corrected chi connectivity index (χ4v) is 3.23.